The lowest BCUT2D eigenvalue weighted by Crippen LogP contribution is -2.27. The zero-order valence-corrected chi connectivity index (χ0v) is 44.1. The maximum atomic E-state index is 12.9. The van der Waals surface area contributed by atoms with Gasteiger partial charge in [0.25, 0.3) is 0 Å². The number of ether oxygens (including phenoxy) is 3. The summed E-state index contributed by atoms with van der Waals surface area (Å²) in [7, 11) is 0. The highest BCUT2D eigenvalue weighted by Crippen LogP contribution is 2.13. The number of rotatable bonds is 49. The van der Waals surface area contributed by atoms with Gasteiger partial charge in [-0.15, -0.1) is 0 Å². The largest absolute Gasteiger partial charge is 0.466 e. The van der Waals surface area contributed by atoms with E-state index in [1.165, 1.54) is 64.2 Å². The van der Waals surface area contributed by atoms with Crippen LogP contribution in [0.25, 0.3) is 0 Å². The number of carbonyl (C=O) groups is 3. The molecule has 0 radical (unpaired) electrons. The Morgan fingerprint density at radius 1 is 0.324 bits per heavy atom. The number of allylic oxidation sites excluding steroid dienone is 18. The summed E-state index contributed by atoms with van der Waals surface area (Å²) < 4.78 is 16.9. The summed E-state index contributed by atoms with van der Waals surface area (Å²) in [4.78, 5) is 38.0. The van der Waals surface area contributed by atoms with E-state index in [-0.39, 0.29) is 31.1 Å². The molecule has 0 aliphatic heterocycles. The minimum atomic E-state index is -0.639. The van der Waals surface area contributed by atoms with Crippen LogP contribution in [0.1, 0.15) is 245 Å². The number of hydrogen-bond donors (Lipinski definition) is 0. The van der Waals surface area contributed by atoms with E-state index in [1.807, 2.05) is 0 Å². The van der Waals surface area contributed by atoms with E-state index in [1.54, 1.807) is 0 Å². The highest BCUT2D eigenvalue weighted by atomic mass is 16.6. The molecule has 0 aliphatic carbocycles. The molecule has 0 amide bonds. The van der Waals surface area contributed by atoms with Crippen LogP contribution in [0.4, 0.5) is 0 Å². The Morgan fingerprint density at radius 3 is 0.985 bits per heavy atom. The zero-order chi connectivity index (χ0) is 49.3. The van der Waals surface area contributed by atoms with Gasteiger partial charge in [0.2, 0.25) is 0 Å². The molecule has 0 spiro atoms. The summed E-state index contributed by atoms with van der Waals surface area (Å²) >= 11 is 0. The van der Waals surface area contributed by atoms with Crippen LogP contribution < -0.4 is 0 Å². The Kier molecular flexibility index (Phi) is 52.4. The van der Waals surface area contributed by atoms with Crippen molar-refractivity contribution in [3.8, 4) is 0 Å². The molecule has 386 valence electrons. The fourth-order valence-corrected chi connectivity index (χ4v) is 7.20. The Bertz CT molecular complexity index is 1410. The lowest BCUT2D eigenvalue weighted by atomic mass is 10.1. The molecule has 0 N–H and O–H groups in total. The quantitative estimate of drug-likeness (QED) is 0.0262. The lowest BCUT2D eigenvalue weighted by Gasteiger charge is -2.18. The van der Waals surface area contributed by atoms with Gasteiger partial charge >= 0.3 is 17.9 Å². The van der Waals surface area contributed by atoms with Crippen molar-refractivity contribution in [2.75, 3.05) is 13.2 Å². The molecule has 0 aromatic carbocycles. The van der Waals surface area contributed by atoms with E-state index in [0.717, 1.165) is 135 Å². The van der Waals surface area contributed by atoms with Gasteiger partial charge in [-0.2, -0.15) is 0 Å². The standard InChI is InChI=1S/C62H102O6/c1-4-7-10-13-16-19-22-25-28-31-34-36-39-42-45-48-51-54-61(64)67-58-59(68-62(65)55-52-49-46-43-40-37-33-30-27-24-21-18-15-12-9-6-3)56-57-66-60(63)53-50-47-44-41-38-35-32-29-26-23-20-17-14-11-8-5-2/h14-19,23-28,32-37,59H,4-13,20-22,29-31,38-58H2,1-3H3/b17-14-,18-15-,19-16-,26-23-,27-24-,28-25-,35-32-,36-34-,37-33-. The van der Waals surface area contributed by atoms with Gasteiger partial charge in [-0.1, -0.05) is 207 Å². The van der Waals surface area contributed by atoms with Crippen LogP contribution in [0.5, 0.6) is 0 Å². The van der Waals surface area contributed by atoms with Crippen molar-refractivity contribution in [2.45, 2.75) is 252 Å². The molecule has 0 rings (SSSR count). The minimum Gasteiger partial charge on any atom is -0.466 e. The maximum Gasteiger partial charge on any atom is 0.306 e. The molecule has 0 aromatic heterocycles. The van der Waals surface area contributed by atoms with Crippen LogP contribution in [0.15, 0.2) is 109 Å². The van der Waals surface area contributed by atoms with E-state index >= 15 is 0 Å². The van der Waals surface area contributed by atoms with E-state index < -0.39 is 6.10 Å². The fraction of sp³-hybridized carbons (Fsp3) is 0.661. The molecule has 0 saturated carbocycles. The van der Waals surface area contributed by atoms with E-state index in [0.29, 0.717) is 25.7 Å². The summed E-state index contributed by atoms with van der Waals surface area (Å²) in [6, 6.07) is 0. The van der Waals surface area contributed by atoms with Crippen LogP contribution in [-0.4, -0.2) is 37.2 Å². The topological polar surface area (TPSA) is 78.9 Å². The van der Waals surface area contributed by atoms with Gasteiger partial charge in [0.05, 0.1) is 6.61 Å². The van der Waals surface area contributed by atoms with Gasteiger partial charge in [-0.05, 0) is 122 Å². The maximum absolute atomic E-state index is 12.9. The highest BCUT2D eigenvalue weighted by molar-refractivity contribution is 5.70. The van der Waals surface area contributed by atoms with Crippen molar-refractivity contribution in [1.29, 1.82) is 0 Å². The van der Waals surface area contributed by atoms with E-state index in [4.69, 9.17) is 14.2 Å². The van der Waals surface area contributed by atoms with Gasteiger partial charge in [0, 0.05) is 25.7 Å². The Morgan fingerprint density at radius 2 is 0.618 bits per heavy atom. The molecule has 0 saturated heterocycles. The van der Waals surface area contributed by atoms with Crippen LogP contribution >= 0.6 is 0 Å². The average Bonchev–Trinajstić information content (AvgIpc) is 3.33. The third kappa shape index (κ3) is 53.0. The second-order valence-electron chi connectivity index (χ2n) is 18.1. The molecule has 6 heteroatoms. The SMILES string of the molecule is CCCC/C=C\C/C=C\C/C=C\CCCCCCC(=O)OCCC(COC(=O)CCCCCC/C=C\C/C=C\C/C=C\CCCCC)OC(=O)CCCCCC/C=C\C/C=C\C/C=C\CCCC. The van der Waals surface area contributed by atoms with Crippen molar-refractivity contribution in [3.05, 3.63) is 109 Å². The van der Waals surface area contributed by atoms with Crippen molar-refractivity contribution >= 4 is 17.9 Å². The number of hydrogen-bond acceptors (Lipinski definition) is 6. The van der Waals surface area contributed by atoms with Gasteiger partial charge < -0.3 is 14.2 Å². The minimum absolute atomic E-state index is 0.0189. The summed E-state index contributed by atoms with van der Waals surface area (Å²) in [5, 5.41) is 0. The normalized spacial score (nSPS) is 12.9. The second kappa shape index (κ2) is 55.7. The molecule has 0 aromatic rings. The van der Waals surface area contributed by atoms with Crippen molar-refractivity contribution in [3.63, 3.8) is 0 Å². The molecule has 0 bridgehead atoms. The third-order valence-electron chi connectivity index (χ3n) is 11.5. The zero-order valence-electron chi connectivity index (χ0n) is 44.1. The first-order chi connectivity index (χ1) is 33.5. The van der Waals surface area contributed by atoms with E-state index in [2.05, 4.69) is 130 Å². The average molecular weight is 943 g/mol. The molecular formula is C62H102O6. The van der Waals surface area contributed by atoms with Crippen molar-refractivity contribution < 1.29 is 28.6 Å². The van der Waals surface area contributed by atoms with Gasteiger partial charge in [0.1, 0.15) is 12.7 Å². The molecule has 0 heterocycles. The number of esters is 3. The molecular weight excluding hydrogens is 841 g/mol. The third-order valence-corrected chi connectivity index (χ3v) is 11.5. The summed E-state index contributed by atoms with van der Waals surface area (Å²) in [5.41, 5.74) is 0. The first kappa shape index (κ1) is 64.1. The number of unbranched alkanes of at least 4 members (excludes halogenated alkanes) is 19. The van der Waals surface area contributed by atoms with Crippen LogP contribution in [0.3, 0.4) is 0 Å². The first-order valence-electron chi connectivity index (χ1n) is 27.9. The molecule has 68 heavy (non-hydrogen) atoms. The monoisotopic (exact) mass is 943 g/mol. The summed E-state index contributed by atoms with van der Waals surface area (Å²) in [6.07, 6.45) is 74.4. The molecule has 1 atom stereocenters. The summed E-state index contributed by atoms with van der Waals surface area (Å²) in [6.45, 7) is 6.79. The lowest BCUT2D eigenvalue weighted by molar-refractivity contribution is -0.161. The smallest absolute Gasteiger partial charge is 0.306 e. The van der Waals surface area contributed by atoms with Crippen LogP contribution in [0.2, 0.25) is 0 Å². The Balaban J connectivity index is 4.51. The van der Waals surface area contributed by atoms with Crippen LogP contribution in [-0.2, 0) is 28.6 Å². The Hall–Kier alpha value is -3.93. The fourth-order valence-electron chi connectivity index (χ4n) is 7.20. The van der Waals surface area contributed by atoms with Gasteiger partial charge in [0.15, 0.2) is 0 Å². The van der Waals surface area contributed by atoms with Gasteiger partial charge in [-0.3, -0.25) is 14.4 Å². The second-order valence-corrected chi connectivity index (χ2v) is 18.1. The predicted molar refractivity (Wildman–Crippen MR) is 293 cm³/mol. The Labute approximate surface area is 419 Å². The van der Waals surface area contributed by atoms with Crippen molar-refractivity contribution in [2.24, 2.45) is 0 Å². The van der Waals surface area contributed by atoms with Crippen molar-refractivity contribution in [1.82, 2.24) is 0 Å². The van der Waals surface area contributed by atoms with Gasteiger partial charge in [-0.25, -0.2) is 0 Å². The molecule has 1 unspecified atom stereocenters. The predicted octanol–water partition coefficient (Wildman–Crippen LogP) is 18.7. The van der Waals surface area contributed by atoms with Crippen LogP contribution in [0, 0.1) is 0 Å². The number of carbonyl (C=O) groups excluding carboxylic acids is 3. The molecule has 0 aliphatic rings. The molecule has 0 fully saturated rings. The highest BCUT2D eigenvalue weighted by Gasteiger charge is 2.18. The summed E-state index contributed by atoms with van der Waals surface area (Å²) in [5.74, 6) is -0.810. The molecule has 6 nitrogen and oxygen atoms in total. The van der Waals surface area contributed by atoms with E-state index in [9.17, 15) is 14.4 Å². The first-order valence-corrected chi connectivity index (χ1v) is 27.9.